The number of rotatable bonds is 3. The molecule has 1 amide bonds. The SMILES string of the molecule is Nc1ccc(-c2nc(C(=O)NC3CC3)no2)s1. The third-order valence-corrected chi connectivity index (χ3v) is 3.28. The lowest BCUT2D eigenvalue weighted by Gasteiger charge is -1.95. The van der Waals surface area contributed by atoms with Crippen LogP contribution in [0, 0.1) is 0 Å². The summed E-state index contributed by atoms with van der Waals surface area (Å²) in [6.07, 6.45) is 2.05. The molecule has 1 saturated carbocycles. The van der Waals surface area contributed by atoms with E-state index in [1.54, 1.807) is 12.1 Å². The fraction of sp³-hybridized carbons (Fsp3) is 0.300. The van der Waals surface area contributed by atoms with E-state index in [0.29, 0.717) is 10.9 Å². The molecule has 0 aliphatic heterocycles. The predicted octanol–water partition coefficient (Wildman–Crippen LogP) is 1.27. The van der Waals surface area contributed by atoms with Gasteiger partial charge in [-0.1, -0.05) is 5.16 Å². The summed E-state index contributed by atoms with van der Waals surface area (Å²) < 4.78 is 5.02. The zero-order valence-electron chi connectivity index (χ0n) is 8.84. The number of aromatic nitrogens is 2. The maximum Gasteiger partial charge on any atom is 0.292 e. The molecule has 1 aliphatic carbocycles. The van der Waals surface area contributed by atoms with Gasteiger partial charge in [0.05, 0.1) is 9.88 Å². The van der Waals surface area contributed by atoms with Gasteiger partial charge >= 0.3 is 0 Å². The molecule has 17 heavy (non-hydrogen) atoms. The molecule has 0 atom stereocenters. The third-order valence-electron chi connectivity index (χ3n) is 2.38. The van der Waals surface area contributed by atoms with Crippen molar-refractivity contribution in [2.75, 3.05) is 5.73 Å². The summed E-state index contributed by atoms with van der Waals surface area (Å²) in [5.41, 5.74) is 5.61. The summed E-state index contributed by atoms with van der Waals surface area (Å²) in [7, 11) is 0. The minimum absolute atomic E-state index is 0.0684. The highest BCUT2D eigenvalue weighted by molar-refractivity contribution is 7.19. The predicted molar refractivity (Wildman–Crippen MR) is 62.5 cm³/mol. The summed E-state index contributed by atoms with van der Waals surface area (Å²) in [6.45, 7) is 0. The maximum absolute atomic E-state index is 11.6. The zero-order valence-corrected chi connectivity index (χ0v) is 9.66. The molecular formula is C10H10N4O2S. The lowest BCUT2D eigenvalue weighted by Crippen LogP contribution is -2.26. The van der Waals surface area contributed by atoms with Gasteiger partial charge in [0.1, 0.15) is 0 Å². The standard InChI is InChI=1S/C10H10N4O2S/c11-7-4-3-6(17-7)10-13-8(14-16-10)9(15)12-5-1-2-5/h3-5H,1-2,11H2,(H,12,15). The van der Waals surface area contributed by atoms with Crippen LogP contribution in [0.5, 0.6) is 0 Å². The average Bonchev–Trinajstić information content (AvgIpc) is 2.81. The first-order valence-electron chi connectivity index (χ1n) is 5.22. The molecule has 7 heteroatoms. The van der Waals surface area contributed by atoms with E-state index in [1.807, 2.05) is 0 Å². The number of carbonyl (C=O) groups is 1. The summed E-state index contributed by atoms with van der Waals surface area (Å²) >= 11 is 1.34. The van der Waals surface area contributed by atoms with Crippen LogP contribution >= 0.6 is 11.3 Å². The average molecular weight is 250 g/mol. The van der Waals surface area contributed by atoms with Crippen molar-refractivity contribution in [1.29, 1.82) is 0 Å². The van der Waals surface area contributed by atoms with Crippen molar-refractivity contribution in [3.63, 3.8) is 0 Å². The van der Waals surface area contributed by atoms with E-state index < -0.39 is 0 Å². The Labute approximate surface area is 101 Å². The lowest BCUT2D eigenvalue weighted by molar-refractivity contribution is 0.0937. The lowest BCUT2D eigenvalue weighted by atomic mass is 10.4. The molecule has 0 bridgehead atoms. The monoisotopic (exact) mass is 250 g/mol. The highest BCUT2D eigenvalue weighted by Crippen LogP contribution is 2.28. The Morgan fingerprint density at radius 2 is 2.35 bits per heavy atom. The number of nitrogens with one attached hydrogen (secondary N) is 1. The second-order valence-corrected chi connectivity index (χ2v) is 4.99. The first kappa shape index (κ1) is 10.3. The Kier molecular flexibility index (Phi) is 2.32. The van der Waals surface area contributed by atoms with Crippen molar-refractivity contribution in [3.05, 3.63) is 18.0 Å². The number of nitrogen functional groups attached to an aromatic ring is 1. The van der Waals surface area contributed by atoms with E-state index in [0.717, 1.165) is 17.7 Å². The van der Waals surface area contributed by atoms with Crippen LogP contribution in [-0.2, 0) is 0 Å². The topological polar surface area (TPSA) is 94.0 Å². The number of hydrogen-bond donors (Lipinski definition) is 2. The molecular weight excluding hydrogens is 240 g/mol. The van der Waals surface area contributed by atoms with Crippen molar-refractivity contribution < 1.29 is 9.32 Å². The van der Waals surface area contributed by atoms with Gasteiger partial charge in [0.2, 0.25) is 0 Å². The van der Waals surface area contributed by atoms with Crippen LogP contribution in [0.4, 0.5) is 5.00 Å². The second-order valence-electron chi connectivity index (χ2n) is 3.87. The molecule has 3 N–H and O–H groups in total. The molecule has 2 heterocycles. The number of thiophene rings is 1. The van der Waals surface area contributed by atoms with Gasteiger partial charge in [-0.2, -0.15) is 4.98 Å². The quantitative estimate of drug-likeness (QED) is 0.855. The third kappa shape index (κ3) is 2.14. The normalized spacial score (nSPS) is 14.8. The molecule has 0 unspecified atom stereocenters. The molecule has 0 radical (unpaired) electrons. The molecule has 2 aromatic rings. The largest absolute Gasteiger partial charge is 0.391 e. The van der Waals surface area contributed by atoms with E-state index in [1.165, 1.54) is 11.3 Å². The Morgan fingerprint density at radius 1 is 1.53 bits per heavy atom. The van der Waals surface area contributed by atoms with Crippen LogP contribution in [0.2, 0.25) is 0 Å². The van der Waals surface area contributed by atoms with Crippen LogP contribution in [0.3, 0.4) is 0 Å². The minimum atomic E-state index is -0.285. The first-order chi connectivity index (χ1) is 8.22. The molecule has 2 aromatic heterocycles. The van der Waals surface area contributed by atoms with E-state index in [9.17, 15) is 4.79 Å². The molecule has 3 rings (SSSR count). The smallest absolute Gasteiger partial charge is 0.292 e. The van der Waals surface area contributed by atoms with Crippen molar-refractivity contribution in [2.45, 2.75) is 18.9 Å². The Balaban J connectivity index is 1.79. The van der Waals surface area contributed by atoms with Gasteiger partial charge < -0.3 is 15.6 Å². The van der Waals surface area contributed by atoms with Crippen LogP contribution in [0.15, 0.2) is 16.7 Å². The second kappa shape index (κ2) is 3.85. The highest BCUT2D eigenvalue weighted by Gasteiger charge is 2.26. The Morgan fingerprint density at radius 3 is 3.00 bits per heavy atom. The van der Waals surface area contributed by atoms with Gasteiger partial charge in [0.25, 0.3) is 17.6 Å². The fourth-order valence-electron chi connectivity index (χ4n) is 1.36. The van der Waals surface area contributed by atoms with E-state index in [4.69, 9.17) is 10.3 Å². The van der Waals surface area contributed by atoms with Gasteiger partial charge in [-0.25, -0.2) is 0 Å². The molecule has 1 aliphatic rings. The minimum Gasteiger partial charge on any atom is -0.391 e. The van der Waals surface area contributed by atoms with Crippen molar-refractivity contribution in [1.82, 2.24) is 15.5 Å². The van der Waals surface area contributed by atoms with Gasteiger partial charge in [0.15, 0.2) is 0 Å². The zero-order chi connectivity index (χ0) is 11.8. The van der Waals surface area contributed by atoms with Crippen molar-refractivity contribution in [3.8, 4) is 10.8 Å². The van der Waals surface area contributed by atoms with Crippen LogP contribution in [0.25, 0.3) is 10.8 Å². The molecule has 0 aromatic carbocycles. The number of anilines is 1. The summed E-state index contributed by atoms with van der Waals surface area (Å²) in [5.74, 6) is 0.110. The number of hydrogen-bond acceptors (Lipinski definition) is 6. The Bertz CT molecular complexity index is 558. The van der Waals surface area contributed by atoms with Crippen LogP contribution < -0.4 is 11.1 Å². The molecule has 88 valence electrons. The van der Waals surface area contributed by atoms with Crippen molar-refractivity contribution >= 4 is 22.2 Å². The molecule has 0 spiro atoms. The summed E-state index contributed by atoms with van der Waals surface area (Å²) in [4.78, 5) is 16.4. The molecule has 0 saturated heterocycles. The first-order valence-corrected chi connectivity index (χ1v) is 6.04. The maximum atomic E-state index is 11.6. The van der Waals surface area contributed by atoms with Gasteiger partial charge in [-0.3, -0.25) is 4.79 Å². The van der Waals surface area contributed by atoms with Crippen molar-refractivity contribution in [2.24, 2.45) is 0 Å². The van der Waals surface area contributed by atoms with Crippen LogP contribution in [0.1, 0.15) is 23.5 Å². The van der Waals surface area contributed by atoms with Crippen LogP contribution in [-0.4, -0.2) is 22.1 Å². The van der Waals surface area contributed by atoms with E-state index in [-0.39, 0.29) is 17.8 Å². The van der Waals surface area contributed by atoms with Gasteiger partial charge in [0, 0.05) is 6.04 Å². The van der Waals surface area contributed by atoms with E-state index in [2.05, 4.69) is 15.5 Å². The summed E-state index contributed by atoms with van der Waals surface area (Å²) in [5, 5.41) is 7.11. The van der Waals surface area contributed by atoms with E-state index >= 15 is 0 Å². The number of amides is 1. The molecule has 1 fully saturated rings. The highest BCUT2D eigenvalue weighted by atomic mass is 32.1. The number of carbonyl (C=O) groups excluding carboxylic acids is 1. The summed E-state index contributed by atoms with van der Waals surface area (Å²) in [6, 6.07) is 3.83. The number of nitrogens with two attached hydrogens (primary N) is 1. The fourth-order valence-corrected chi connectivity index (χ4v) is 2.06. The van der Waals surface area contributed by atoms with Gasteiger partial charge in [-0.15, -0.1) is 11.3 Å². The molecule has 6 nitrogen and oxygen atoms in total. The Hall–Kier alpha value is -1.89. The van der Waals surface area contributed by atoms with Gasteiger partial charge in [-0.05, 0) is 25.0 Å². The number of nitrogens with zero attached hydrogens (tertiary/aromatic N) is 2.